The number of nitrogens with one attached hydrogen (secondary N) is 1. The van der Waals surface area contributed by atoms with Gasteiger partial charge in [0.05, 0.1) is 17.5 Å². The maximum atomic E-state index is 12.8. The molecule has 1 aromatic rings. The summed E-state index contributed by atoms with van der Waals surface area (Å²) in [7, 11) is -3.61. The molecule has 1 N–H and O–H groups in total. The highest BCUT2D eigenvalue weighted by Gasteiger charge is 2.32. The maximum absolute atomic E-state index is 12.8. The van der Waals surface area contributed by atoms with E-state index in [0.29, 0.717) is 44.3 Å². The topological polar surface area (TPSA) is 79.2 Å². The molecule has 0 radical (unpaired) electrons. The minimum Gasteiger partial charge on any atom is -0.335 e. The lowest BCUT2D eigenvalue weighted by molar-refractivity contribution is -0.921. The highest BCUT2D eigenvalue weighted by Crippen LogP contribution is 2.18. The van der Waals surface area contributed by atoms with Gasteiger partial charge in [-0.3, -0.25) is 9.59 Å². The van der Waals surface area contributed by atoms with Crippen molar-refractivity contribution in [1.82, 2.24) is 9.21 Å². The Morgan fingerprint density at radius 1 is 1.07 bits per heavy atom. The van der Waals surface area contributed by atoms with E-state index >= 15 is 0 Å². The van der Waals surface area contributed by atoms with Gasteiger partial charge in [-0.15, -0.1) is 0 Å². The molecule has 0 aliphatic carbocycles. The monoisotopic (exact) mass is 408 g/mol. The van der Waals surface area contributed by atoms with E-state index in [1.165, 1.54) is 53.2 Å². The van der Waals surface area contributed by atoms with Gasteiger partial charge in [-0.1, -0.05) is 12.1 Å². The van der Waals surface area contributed by atoms with E-state index in [-0.39, 0.29) is 16.6 Å². The fourth-order valence-electron chi connectivity index (χ4n) is 4.01. The number of piperazine rings is 1. The molecule has 28 heavy (non-hydrogen) atoms. The number of carbonyl (C=O) groups excluding carboxylic acids is 2. The normalized spacial score (nSPS) is 24.1. The molecule has 2 saturated heterocycles. The molecule has 0 spiro atoms. The molecule has 154 valence electrons. The largest absolute Gasteiger partial charge is 0.335 e. The summed E-state index contributed by atoms with van der Waals surface area (Å²) in [6, 6.07) is 6.54. The zero-order valence-corrected chi connectivity index (χ0v) is 17.5. The quantitative estimate of drug-likeness (QED) is 0.705. The third-order valence-corrected chi connectivity index (χ3v) is 7.86. The number of carbonyl (C=O) groups is 2. The van der Waals surface area contributed by atoms with Crippen molar-refractivity contribution in [2.75, 3.05) is 39.3 Å². The second-order valence-corrected chi connectivity index (χ2v) is 9.79. The van der Waals surface area contributed by atoms with Crippen LogP contribution in [0.2, 0.25) is 0 Å². The molecule has 2 atom stereocenters. The molecule has 0 saturated carbocycles. The van der Waals surface area contributed by atoms with Crippen LogP contribution >= 0.6 is 0 Å². The van der Waals surface area contributed by atoms with Crippen molar-refractivity contribution >= 4 is 21.7 Å². The van der Waals surface area contributed by atoms with Gasteiger partial charge in [0.2, 0.25) is 10.0 Å². The Bertz CT molecular complexity index is 814. The molecule has 1 aromatic carbocycles. The van der Waals surface area contributed by atoms with Gasteiger partial charge >= 0.3 is 0 Å². The minimum absolute atomic E-state index is 0.0961. The second-order valence-electron chi connectivity index (χ2n) is 7.85. The lowest BCUT2D eigenvalue weighted by atomic mass is 10.0. The Balaban J connectivity index is 1.58. The summed E-state index contributed by atoms with van der Waals surface area (Å²) in [5.41, 5.74) is 0.490. The molecule has 2 aliphatic rings. The summed E-state index contributed by atoms with van der Waals surface area (Å²) < 4.78 is 27.1. The summed E-state index contributed by atoms with van der Waals surface area (Å²) in [6.07, 6.45) is 3.57. The first kappa shape index (κ1) is 21.0. The Kier molecular flexibility index (Phi) is 6.52. The van der Waals surface area contributed by atoms with Crippen molar-refractivity contribution in [2.45, 2.75) is 44.0 Å². The van der Waals surface area contributed by atoms with Gasteiger partial charge in [0.1, 0.15) is 0 Å². The van der Waals surface area contributed by atoms with Gasteiger partial charge in [0.15, 0.2) is 12.3 Å². The summed E-state index contributed by atoms with van der Waals surface area (Å²) in [6.45, 7) is 6.63. The zero-order chi connectivity index (χ0) is 20.3. The van der Waals surface area contributed by atoms with Crippen LogP contribution in [0.5, 0.6) is 0 Å². The number of hydrogen-bond donors (Lipinski definition) is 1. The van der Waals surface area contributed by atoms with Crippen molar-refractivity contribution in [3.05, 3.63) is 29.8 Å². The van der Waals surface area contributed by atoms with Crippen molar-refractivity contribution in [3.63, 3.8) is 0 Å². The average Bonchev–Trinajstić information content (AvgIpc) is 2.70. The van der Waals surface area contributed by atoms with E-state index < -0.39 is 10.0 Å². The van der Waals surface area contributed by atoms with Crippen molar-refractivity contribution in [3.8, 4) is 0 Å². The van der Waals surface area contributed by atoms with Crippen LogP contribution in [0.1, 0.15) is 43.5 Å². The van der Waals surface area contributed by atoms with Crippen molar-refractivity contribution < 1.29 is 22.9 Å². The molecule has 8 heteroatoms. The van der Waals surface area contributed by atoms with E-state index in [9.17, 15) is 18.0 Å². The van der Waals surface area contributed by atoms with Crippen LogP contribution in [0.25, 0.3) is 0 Å². The van der Waals surface area contributed by atoms with Crippen LogP contribution in [-0.2, 0) is 14.8 Å². The number of nitrogens with zero attached hydrogens (tertiary/aromatic N) is 2. The summed E-state index contributed by atoms with van der Waals surface area (Å²) >= 11 is 0. The number of piperidine rings is 1. The first-order chi connectivity index (χ1) is 13.3. The first-order valence-corrected chi connectivity index (χ1v) is 11.5. The maximum Gasteiger partial charge on any atom is 0.277 e. The highest BCUT2D eigenvalue weighted by atomic mass is 32.2. The number of benzene rings is 1. The Morgan fingerprint density at radius 2 is 1.71 bits per heavy atom. The number of quaternary nitrogens is 1. The molecule has 1 amide bonds. The third-order valence-electron chi connectivity index (χ3n) is 5.95. The number of sulfonamides is 1. The van der Waals surface area contributed by atoms with Gasteiger partial charge < -0.3 is 9.80 Å². The predicted octanol–water partition coefficient (Wildman–Crippen LogP) is 0.179. The predicted molar refractivity (Wildman–Crippen MR) is 106 cm³/mol. The molecular weight excluding hydrogens is 378 g/mol. The number of hydrogen-bond acceptors (Lipinski definition) is 4. The minimum atomic E-state index is -3.61. The molecule has 3 rings (SSSR count). The zero-order valence-electron chi connectivity index (χ0n) is 16.7. The number of rotatable bonds is 5. The Morgan fingerprint density at radius 3 is 2.29 bits per heavy atom. The van der Waals surface area contributed by atoms with Crippen LogP contribution in [0.15, 0.2) is 29.2 Å². The summed E-state index contributed by atoms with van der Waals surface area (Å²) in [5.74, 6) is 0.0211. The lowest BCUT2D eigenvalue weighted by Gasteiger charge is -2.36. The molecular formula is C20H30N3O4S+. The fourth-order valence-corrected chi connectivity index (χ4v) is 5.43. The smallest absolute Gasteiger partial charge is 0.277 e. The first-order valence-electron chi connectivity index (χ1n) is 10.0. The van der Waals surface area contributed by atoms with E-state index in [0.717, 1.165) is 13.0 Å². The number of amides is 1. The number of ketones is 1. The molecule has 2 aliphatic heterocycles. The van der Waals surface area contributed by atoms with Crippen LogP contribution in [0.4, 0.5) is 0 Å². The van der Waals surface area contributed by atoms with Crippen molar-refractivity contribution in [1.29, 1.82) is 0 Å². The van der Waals surface area contributed by atoms with Gasteiger partial charge in [0, 0.05) is 31.7 Å². The molecule has 0 aromatic heterocycles. The van der Waals surface area contributed by atoms with Crippen molar-refractivity contribution in [2.24, 2.45) is 0 Å². The molecule has 2 heterocycles. The Hall–Kier alpha value is -1.77. The molecule has 0 bridgehead atoms. The SMILES string of the molecule is CC(=O)c1ccc(S(=O)(=O)N2CCN(C(=O)C[NH+]3CCCC[C@@H]3C)CC2)cc1. The highest BCUT2D eigenvalue weighted by molar-refractivity contribution is 7.89. The van der Waals surface area contributed by atoms with E-state index in [1.54, 1.807) is 4.90 Å². The second kappa shape index (κ2) is 8.71. The van der Waals surface area contributed by atoms with Gasteiger partial charge in [-0.2, -0.15) is 4.31 Å². The molecule has 2 fully saturated rings. The van der Waals surface area contributed by atoms with Crippen LogP contribution in [0.3, 0.4) is 0 Å². The standard InChI is InChI=1S/C20H29N3O4S/c1-16-5-3-4-10-22(16)15-20(25)21-11-13-23(14-12-21)28(26,27)19-8-6-18(7-9-19)17(2)24/h6-9,16H,3-5,10-15H2,1-2H3/p+1/t16-/m0/s1. The third kappa shape index (κ3) is 4.61. The summed E-state index contributed by atoms with van der Waals surface area (Å²) in [4.78, 5) is 27.3. The number of likely N-dealkylation sites (tertiary alicyclic amines) is 1. The molecule has 1 unspecified atom stereocenters. The van der Waals surface area contributed by atoms with Crippen LogP contribution < -0.4 is 4.90 Å². The van der Waals surface area contributed by atoms with Gasteiger partial charge in [-0.05, 0) is 45.2 Å². The van der Waals surface area contributed by atoms with Gasteiger partial charge in [0.25, 0.3) is 5.91 Å². The van der Waals surface area contributed by atoms with Crippen LogP contribution in [0, 0.1) is 0 Å². The van der Waals surface area contributed by atoms with Gasteiger partial charge in [-0.25, -0.2) is 8.42 Å². The molecule has 7 nitrogen and oxygen atoms in total. The van der Waals surface area contributed by atoms with E-state index in [4.69, 9.17) is 0 Å². The lowest BCUT2D eigenvalue weighted by Crippen LogP contribution is -3.17. The van der Waals surface area contributed by atoms with Crippen LogP contribution in [-0.4, -0.2) is 74.6 Å². The Labute approximate surface area is 167 Å². The van der Waals surface area contributed by atoms with E-state index in [2.05, 4.69) is 6.92 Å². The average molecular weight is 409 g/mol. The fraction of sp³-hybridized carbons (Fsp3) is 0.600. The summed E-state index contributed by atoms with van der Waals surface area (Å²) in [5, 5.41) is 0. The van der Waals surface area contributed by atoms with E-state index in [1.807, 2.05) is 0 Å². The number of Topliss-reactive ketones (excluding diaryl/α,β-unsaturated/α-hetero) is 1.